The standard InChI is InChI=1S/C36H43NO12/c1-16-10-9-11-17(2)35(45)37-23-15-24(39)26-27(32(23)43)31(42)20(5)33-28(26)34(44)36(7,49-33)47-13-12-22(46-8)14-25(48-21(6)38)18(3)30(41)19(4)29(16)40/h9-13,15-16,18-19,22,25,29-30,40-42H,14H2,1-8H3,(H,37,45)/b10-9+,13-12+,17-11-/t16-,18-,19+,22-,25?,29-,30-,36-/m0/s1. The van der Waals surface area contributed by atoms with Crippen molar-refractivity contribution in [2.45, 2.75) is 85.1 Å². The van der Waals surface area contributed by atoms with Crippen molar-refractivity contribution in [2.24, 2.45) is 17.8 Å². The number of esters is 1. The van der Waals surface area contributed by atoms with Crippen molar-refractivity contribution in [3.05, 3.63) is 70.2 Å². The van der Waals surface area contributed by atoms with Crippen LogP contribution in [0, 0.1) is 24.7 Å². The Morgan fingerprint density at radius 2 is 1.67 bits per heavy atom. The fourth-order valence-corrected chi connectivity index (χ4v) is 6.18. The van der Waals surface area contributed by atoms with Gasteiger partial charge in [-0.1, -0.05) is 39.0 Å². The number of hydrogen-bond donors (Lipinski definition) is 4. The first-order valence-electron chi connectivity index (χ1n) is 15.9. The van der Waals surface area contributed by atoms with Gasteiger partial charge in [0.25, 0.3) is 11.7 Å². The van der Waals surface area contributed by atoms with Gasteiger partial charge in [0.1, 0.15) is 17.6 Å². The van der Waals surface area contributed by atoms with E-state index >= 15 is 0 Å². The number of carbonyl (C=O) groups excluding carboxylic acids is 5. The Labute approximate surface area is 284 Å². The van der Waals surface area contributed by atoms with Crippen LogP contribution in [0.2, 0.25) is 0 Å². The first kappa shape index (κ1) is 37.2. The maximum atomic E-state index is 13.8. The Kier molecular flexibility index (Phi) is 11.0. The number of aliphatic hydroxyl groups excluding tert-OH is 2. The molecule has 13 heteroatoms. The SMILES string of the molecule is CO[C@H]1/C=C/O[C@@]2(C)Oc3c(C)c(O)c4c(c3C2=O)C(=O)C=C(NC(=O)/C(C)=C\C=C\[C@H](C)[C@H](O)[C@@H](C)[C@@H](O)[C@@H](C)C(OC(C)=O)C1)C4=O. The zero-order valence-electron chi connectivity index (χ0n) is 28.7. The zero-order chi connectivity index (χ0) is 36.5. The predicted octanol–water partition coefficient (Wildman–Crippen LogP) is 3.38. The second kappa shape index (κ2) is 14.5. The monoisotopic (exact) mass is 681 g/mol. The first-order valence-corrected chi connectivity index (χ1v) is 15.9. The zero-order valence-corrected chi connectivity index (χ0v) is 28.7. The minimum Gasteiger partial charge on any atom is -0.507 e. The van der Waals surface area contributed by atoms with E-state index in [-0.39, 0.29) is 34.4 Å². The summed E-state index contributed by atoms with van der Waals surface area (Å²) in [6, 6.07) is 0. The van der Waals surface area contributed by atoms with Gasteiger partial charge in [0.05, 0.1) is 47.0 Å². The smallest absolute Gasteiger partial charge is 0.312 e. The molecule has 0 saturated heterocycles. The van der Waals surface area contributed by atoms with Crippen LogP contribution in [0.4, 0.5) is 0 Å². The van der Waals surface area contributed by atoms with Gasteiger partial charge in [0.2, 0.25) is 5.78 Å². The number of ether oxygens (including phenoxy) is 4. The quantitative estimate of drug-likeness (QED) is 0.333. The number of methoxy groups -OCH3 is 1. The van der Waals surface area contributed by atoms with Gasteiger partial charge >= 0.3 is 11.8 Å². The number of allylic oxidation sites excluding steroid dienone is 4. The number of rotatable bonds is 2. The lowest BCUT2D eigenvalue weighted by atomic mass is 9.81. The second-order valence-corrected chi connectivity index (χ2v) is 12.9. The van der Waals surface area contributed by atoms with E-state index in [0.29, 0.717) is 0 Å². The summed E-state index contributed by atoms with van der Waals surface area (Å²) >= 11 is 0. The van der Waals surface area contributed by atoms with Gasteiger partial charge in [-0.15, -0.1) is 0 Å². The van der Waals surface area contributed by atoms with Crippen molar-refractivity contribution >= 4 is 29.2 Å². The van der Waals surface area contributed by atoms with Crippen molar-refractivity contribution in [1.29, 1.82) is 0 Å². The topological polar surface area (TPSA) is 195 Å². The highest BCUT2D eigenvalue weighted by Gasteiger charge is 2.51. The van der Waals surface area contributed by atoms with Gasteiger partial charge in [-0.2, -0.15) is 0 Å². The number of ketones is 3. The number of nitrogens with one attached hydrogen (secondary N) is 1. The Hall–Kier alpha value is -4.59. The molecule has 1 aromatic carbocycles. The fourth-order valence-electron chi connectivity index (χ4n) is 6.18. The van der Waals surface area contributed by atoms with Crippen LogP contribution in [0.1, 0.15) is 84.6 Å². The van der Waals surface area contributed by atoms with E-state index in [0.717, 1.165) is 12.3 Å². The molecule has 0 fully saturated rings. The van der Waals surface area contributed by atoms with Crippen molar-refractivity contribution < 1.29 is 58.2 Å². The molecule has 0 aromatic heterocycles. The lowest BCUT2D eigenvalue weighted by Crippen LogP contribution is -2.43. The number of aliphatic hydroxyl groups is 2. The molecule has 5 bridgehead atoms. The third kappa shape index (κ3) is 7.24. The minimum atomic E-state index is -2.02. The number of benzene rings is 1. The van der Waals surface area contributed by atoms with Crippen LogP contribution >= 0.6 is 0 Å². The number of aromatic hydroxyl groups is 1. The maximum Gasteiger partial charge on any atom is 0.312 e. The summed E-state index contributed by atoms with van der Waals surface area (Å²) in [5, 5.41) is 35.8. The summed E-state index contributed by atoms with van der Waals surface area (Å²) in [6.45, 7) is 10.5. The number of phenolic OH excluding ortho intramolecular Hbond substituents is 1. The van der Waals surface area contributed by atoms with Gasteiger partial charge in [-0.05, 0) is 19.9 Å². The van der Waals surface area contributed by atoms with Crippen molar-refractivity contribution in [1.82, 2.24) is 5.32 Å². The van der Waals surface area contributed by atoms with Gasteiger partial charge in [0, 0.05) is 62.3 Å². The summed E-state index contributed by atoms with van der Waals surface area (Å²) < 4.78 is 22.8. The summed E-state index contributed by atoms with van der Waals surface area (Å²) in [6.07, 6.45) is 4.43. The van der Waals surface area contributed by atoms with E-state index in [1.54, 1.807) is 32.9 Å². The van der Waals surface area contributed by atoms with Crippen LogP contribution in [0.15, 0.2) is 47.9 Å². The predicted molar refractivity (Wildman–Crippen MR) is 175 cm³/mol. The molecule has 1 aromatic rings. The van der Waals surface area contributed by atoms with E-state index in [4.69, 9.17) is 18.9 Å². The highest BCUT2D eigenvalue weighted by atomic mass is 16.7. The van der Waals surface area contributed by atoms with E-state index in [1.807, 2.05) is 0 Å². The molecular weight excluding hydrogens is 638 g/mol. The minimum absolute atomic E-state index is 0.0101. The highest BCUT2D eigenvalue weighted by molar-refractivity contribution is 6.30. The van der Waals surface area contributed by atoms with Crippen molar-refractivity contribution in [2.75, 3.05) is 7.11 Å². The van der Waals surface area contributed by atoms with E-state index in [1.165, 1.54) is 47.0 Å². The molecule has 49 heavy (non-hydrogen) atoms. The number of amides is 1. The molecule has 3 heterocycles. The lowest BCUT2D eigenvalue weighted by Gasteiger charge is -2.35. The number of phenols is 1. The van der Waals surface area contributed by atoms with Crippen LogP contribution in [0.3, 0.4) is 0 Å². The Morgan fingerprint density at radius 1 is 1.00 bits per heavy atom. The normalized spacial score (nSPS) is 33.4. The number of carbonyl (C=O) groups is 5. The molecule has 0 spiro atoms. The molecule has 1 aliphatic carbocycles. The molecule has 4 N–H and O–H groups in total. The average molecular weight is 682 g/mol. The van der Waals surface area contributed by atoms with Gasteiger partial charge in [0.15, 0.2) is 5.78 Å². The van der Waals surface area contributed by atoms with Gasteiger partial charge < -0.3 is 39.6 Å². The van der Waals surface area contributed by atoms with Crippen molar-refractivity contribution in [3.8, 4) is 11.5 Å². The van der Waals surface area contributed by atoms with Crippen LogP contribution in [0.25, 0.3) is 0 Å². The molecule has 0 radical (unpaired) electrons. The molecule has 0 saturated carbocycles. The average Bonchev–Trinajstić information content (AvgIpc) is 3.31. The Balaban J connectivity index is 1.80. The molecule has 1 unspecified atom stereocenters. The Morgan fingerprint density at radius 3 is 2.31 bits per heavy atom. The van der Waals surface area contributed by atoms with E-state index in [9.17, 15) is 39.3 Å². The van der Waals surface area contributed by atoms with Gasteiger partial charge in [-0.3, -0.25) is 24.0 Å². The van der Waals surface area contributed by atoms with Crippen LogP contribution in [-0.4, -0.2) is 81.9 Å². The maximum absolute atomic E-state index is 13.8. The van der Waals surface area contributed by atoms with Crippen LogP contribution < -0.4 is 10.1 Å². The number of fused-ring (bicyclic) bond motifs is 14. The molecule has 4 aliphatic rings. The second-order valence-electron chi connectivity index (χ2n) is 12.9. The number of Topliss-reactive ketones (excluding diaryl/α,β-unsaturated/α-hetero) is 2. The molecular formula is C36H43NO12. The summed E-state index contributed by atoms with van der Waals surface area (Å²) in [5.74, 6) is -8.34. The third-order valence-electron chi connectivity index (χ3n) is 9.37. The lowest BCUT2D eigenvalue weighted by molar-refractivity contribution is -0.155. The summed E-state index contributed by atoms with van der Waals surface area (Å²) in [7, 11) is 1.41. The van der Waals surface area contributed by atoms with Crippen LogP contribution in [0.5, 0.6) is 11.5 Å². The Bertz CT molecular complexity index is 1690. The summed E-state index contributed by atoms with van der Waals surface area (Å²) in [5.41, 5.74) is -1.30. The molecule has 8 atom stereocenters. The summed E-state index contributed by atoms with van der Waals surface area (Å²) in [4.78, 5) is 65.9. The van der Waals surface area contributed by atoms with Crippen LogP contribution in [-0.2, 0) is 23.8 Å². The fraction of sp³-hybridized carbons (Fsp3) is 0.472. The largest absolute Gasteiger partial charge is 0.507 e. The third-order valence-corrected chi connectivity index (χ3v) is 9.37. The molecule has 264 valence electrons. The molecule has 13 nitrogen and oxygen atoms in total. The molecule has 1 amide bonds. The van der Waals surface area contributed by atoms with Crippen molar-refractivity contribution in [3.63, 3.8) is 0 Å². The van der Waals surface area contributed by atoms with Gasteiger partial charge in [-0.25, -0.2) is 0 Å². The molecule has 3 aliphatic heterocycles. The van der Waals surface area contributed by atoms with E-state index in [2.05, 4.69) is 5.32 Å². The molecule has 5 rings (SSSR count). The van der Waals surface area contributed by atoms with E-state index < -0.39 is 94.2 Å². The number of hydrogen-bond acceptors (Lipinski definition) is 12. The first-order chi connectivity index (χ1) is 22.9. The highest BCUT2D eigenvalue weighted by Crippen LogP contribution is 2.47.